The second kappa shape index (κ2) is 5.35. The zero-order chi connectivity index (χ0) is 11.4. The number of carboxylic acids is 1. The maximum Gasteiger partial charge on any atom is 0.352 e. The number of aromatic nitrogens is 1. The first-order valence-corrected chi connectivity index (χ1v) is 5.96. The molecule has 3 nitrogen and oxygen atoms in total. The van der Waals surface area contributed by atoms with Crippen molar-refractivity contribution in [1.82, 2.24) is 4.57 Å². The lowest BCUT2D eigenvalue weighted by Gasteiger charge is -2.14. The van der Waals surface area contributed by atoms with Gasteiger partial charge in [-0.2, -0.15) is 0 Å². The number of halogens is 1. The predicted octanol–water partition coefficient (Wildman–Crippen LogP) is 3.39. The van der Waals surface area contributed by atoms with Gasteiger partial charge < -0.3 is 9.67 Å². The summed E-state index contributed by atoms with van der Waals surface area (Å²) in [4.78, 5) is 11.0. The largest absolute Gasteiger partial charge is 0.477 e. The lowest BCUT2D eigenvalue weighted by molar-refractivity contribution is 0.0683. The van der Waals surface area contributed by atoms with Crippen LogP contribution in [0.4, 0.5) is 0 Å². The molecule has 1 aromatic rings. The Morgan fingerprint density at radius 2 is 2.13 bits per heavy atom. The van der Waals surface area contributed by atoms with E-state index in [-0.39, 0.29) is 0 Å². The van der Waals surface area contributed by atoms with Crippen molar-refractivity contribution in [2.45, 2.75) is 33.2 Å². The highest BCUT2D eigenvalue weighted by molar-refractivity contribution is 9.10. The molecule has 15 heavy (non-hydrogen) atoms. The van der Waals surface area contributed by atoms with Gasteiger partial charge in [0.1, 0.15) is 5.69 Å². The fourth-order valence-corrected chi connectivity index (χ4v) is 2.09. The molecule has 0 spiro atoms. The summed E-state index contributed by atoms with van der Waals surface area (Å²) in [6, 6.07) is 1.64. The first-order chi connectivity index (χ1) is 7.08. The van der Waals surface area contributed by atoms with Crippen LogP contribution >= 0.6 is 15.9 Å². The van der Waals surface area contributed by atoms with Crippen LogP contribution in [-0.2, 0) is 6.54 Å². The number of aromatic carboxylic acids is 1. The van der Waals surface area contributed by atoms with Crippen LogP contribution in [0.2, 0.25) is 0 Å². The van der Waals surface area contributed by atoms with Crippen LogP contribution in [0.5, 0.6) is 0 Å². The molecule has 84 valence electrons. The highest BCUT2D eigenvalue weighted by atomic mass is 79.9. The quantitative estimate of drug-likeness (QED) is 0.894. The standard InChI is InChI=1S/C11H16BrNO2/c1-3-8(4-2)6-13-7-9(12)5-10(13)11(14)15/h5,7-8H,3-4,6H2,1-2H3,(H,14,15). The van der Waals surface area contributed by atoms with Gasteiger partial charge in [0.05, 0.1) is 0 Å². The zero-order valence-electron chi connectivity index (χ0n) is 9.03. The number of hydrogen-bond acceptors (Lipinski definition) is 1. The Morgan fingerprint density at radius 3 is 2.60 bits per heavy atom. The molecule has 0 saturated carbocycles. The maximum absolute atomic E-state index is 11.0. The summed E-state index contributed by atoms with van der Waals surface area (Å²) in [5, 5.41) is 9.00. The minimum atomic E-state index is -0.869. The second-order valence-electron chi connectivity index (χ2n) is 3.68. The minimum absolute atomic E-state index is 0.355. The van der Waals surface area contributed by atoms with Crippen molar-refractivity contribution < 1.29 is 9.90 Å². The van der Waals surface area contributed by atoms with Crippen molar-refractivity contribution in [2.24, 2.45) is 5.92 Å². The molecule has 0 aliphatic carbocycles. The number of nitrogens with zero attached hydrogens (tertiary/aromatic N) is 1. The van der Waals surface area contributed by atoms with E-state index < -0.39 is 5.97 Å². The Bertz CT molecular complexity index is 342. The van der Waals surface area contributed by atoms with Crippen molar-refractivity contribution in [1.29, 1.82) is 0 Å². The van der Waals surface area contributed by atoms with Gasteiger partial charge in [0, 0.05) is 17.2 Å². The molecule has 1 N–H and O–H groups in total. The summed E-state index contributed by atoms with van der Waals surface area (Å²) >= 11 is 3.30. The summed E-state index contributed by atoms with van der Waals surface area (Å²) in [6.07, 6.45) is 3.98. The maximum atomic E-state index is 11.0. The normalized spacial score (nSPS) is 10.9. The molecule has 0 aliphatic heterocycles. The average molecular weight is 274 g/mol. The van der Waals surface area contributed by atoms with Gasteiger partial charge in [-0.15, -0.1) is 0 Å². The molecule has 0 bridgehead atoms. The van der Waals surface area contributed by atoms with Crippen molar-refractivity contribution in [2.75, 3.05) is 0 Å². The third-order valence-corrected chi connectivity index (χ3v) is 3.13. The zero-order valence-corrected chi connectivity index (χ0v) is 10.6. The topological polar surface area (TPSA) is 42.2 Å². The van der Waals surface area contributed by atoms with Gasteiger partial charge in [-0.05, 0) is 27.9 Å². The van der Waals surface area contributed by atoms with E-state index in [1.807, 2.05) is 10.8 Å². The smallest absolute Gasteiger partial charge is 0.352 e. The van der Waals surface area contributed by atoms with E-state index >= 15 is 0 Å². The molecule has 1 aromatic heterocycles. The van der Waals surface area contributed by atoms with Crippen LogP contribution in [-0.4, -0.2) is 15.6 Å². The van der Waals surface area contributed by atoms with Gasteiger partial charge in [0.25, 0.3) is 0 Å². The average Bonchev–Trinajstić information content (AvgIpc) is 2.56. The van der Waals surface area contributed by atoms with Crippen molar-refractivity contribution in [3.63, 3.8) is 0 Å². The van der Waals surface area contributed by atoms with Gasteiger partial charge >= 0.3 is 5.97 Å². The summed E-state index contributed by atoms with van der Waals surface area (Å²) in [5.41, 5.74) is 0.355. The van der Waals surface area contributed by atoms with E-state index in [0.717, 1.165) is 23.9 Å². The van der Waals surface area contributed by atoms with E-state index in [4.69, 9.17) is 5.11 Å². The fraction of sp³-hybridized carbons (Fsp3) is 0.545. The third-order valence-electron chi connectivity index (χ3n) is 2.69. The summed E-state index contributed by atoms with van der Waals surface area (Å²) < 4.78 is 2.63. The molecule has 1 heterocycles. The van der Waals surface area contributed by atoms with Crippen LogP contribution in [0.1, 0.15) is 37.2 Å². The molecule has 0 amide bonds. The molecule has 0 fully saturated rings. The molecule has 0 aromatic carbocycles. The number of hydrogen-bond donors (Lipinski definition) is 1. The highest BCUT2D eigenvalue weighted by Gasteiger charge is 2.13. The van der Waals surface area contributed by atoms with Crippen molar-refractivity contribution >= 4 is 21.9 Å². The van der Waals surface area contributed by atoms with Gasteiger partial charge in [0.15, 0.2) is 0 Å². The molecule has 0 aliphatic rings. The van der Waals surface area contributed by atoms with Crippen molar-refractivity contribution in [3.05, 3.63) is 22.4 Å². The van der Waals surface area contributed by atoms with Gasteiger partial charge in [-0.25, -0.2) is 4.79 Å². The predicted molar refractivity (Wildman–Crippen MR) is 63.2 cm³/mol. The molecule has 4 heteroatoms. The third kappa shape index (κ3) is 3.09. The van der Waals surface area contributed by atoms with E-state index in [9.17, 15) is 4.79 Å². The van der Waals surface area contributed by atoms with E-state index in [1.54, 1.807) is 6.07 Å². The number of carbonyl (C=O) groups is 1. The van der Waals surface area contributed by atoms with Crippen LogP contribution < -0.4 is 0 Å². The van der Waals surface area contributed by atoms with E-state index in [1.165, 1.54) is 0 Å². The molecular formula is C11H16BrNO2. The van der Waals surface area contributed by atoms with Crippen LogP contribution in [0.25, 0.3) is 0 Å². The Kier molecular flexibility index (Phi) is 4.39. The Morgan fingerprint density at radius 1 is 1.53 bits per heavy atom. The lowest BCUT2D eigenvalue weighted by Crippen LogP contribution is -2.13. The number of rotatable bonds is 5. The molecule has 1 rings (SSSR count). The van der Waals surface area contributed by atoms with Gasteiger partial charge in [-0.1, -0.05) is 26.7 Å². The summed E-state index contributed by atoms with van der Waals surface area (Å²) in [7, 11) is 0. The second-order valence-corrected chi connectivity index (χ2v) is 4.60. The summed E-state index contributed by atoms with van der Waals surface area (Å²) in [6.45, 7) is 5.04. The molecule has 0 saturated heterocycles. The Balaban J connectivity index is 2.88. The van der Waals surface area contributed by atoms with Crippen LogP contribution in [0, 0.1) is 5.92 Å². The van der Waals surface area contributed by atoms with Gasteiger partial charge in [0.2, 0.25) is 0 Å². The monoisotopic (exact) mass is 273 g/mol. The van der Waals surface area contributed by atoms with Crippen molar-refractivity contribution in [3.8, 4) is 0 Å². The Hall–Kier alpha value is -0.770. The summed E-state index contributed by atoms with van der Waals surface area (Å²) in [5.74, 6) is -0.325. The first kappa shape index (κ1) is 12.3. The molecular weight excluding hydrogens is 258 g/mol. The van der Waals surface area contributed by atoms with E-state index in [0.29, 0.717) is 11.6 Å². The lowest BCUT2D eigenvalue weighted by atomic mass is 10.0. The molecule has 0 atom stereocenters. The molecule has 0 unspecified atom stereocenters. The highest BCUT2D eigenvalue weighted by Crippen LogP contribution is 2.19. The van der Waals surface area contributed by atoms with Crippen LogP contribution in [0.3, 0.4) is 0 Å². The first-order valence-electron chi connectivity index (χ1n) is 5.17. The van der Waals surface area contributed by atoms with Crippen LogP contribution in [0.15, 0.2) is 16.7 Å². The number of carboxylic acid groups (broad SMARTS) is 1. The minimum Gasteiger partial charge on any atom is -0.477 e. The van der Waals surface area contributed by atoms with Gasteiger partial charge in [-0.3, -0.25) is 0 Å². The van der Waals surface area contributed by atoms with E-state index in [2.05, 4.69) is 29.8 Å². The SMILES string of the molecule is CCC(CC)Cn1cc(Br)cc1C(=O)O. The Labute approximate surface area is 98.2 Å². The fourth-order valence-electron chi connectivity index (χ4n) is 1.63. The molecule has 0 radical (unpaired) electrons.